The van der Waals surface area contributed by atoms with E-state index in [9.17, 15) is 4.79 Å². The predicted molar refractivity (Wildman–Crippen MR) is 50.1 cm³/mol. The Morgan fingerprint density at radius 1 is 1.77 bits per heavy atom. The van der Waals surface area contributed by atoms with Crippen molar-refractivity contribution in [2.75, 3.05) is 12.3 Å². The molecular weight excluding hydrogens is 238 g/mol. The number of rotatable bonds is 2. The van der Waals surface area contributed by atoms with Gasteiger partial charge in [-0.1, -0.05) is 0 Å². The van der Waals surface area contributed by atoms with Crippen LogP contribution in [0.2, 0.25) is 0 Å². The molecule has 1 rings (SSSR count). The lowest BCUT2D eigenvalue weighted by Gasteiger charge is -2.01. The Kier molecular flexibility index (Phi) is 3.18. The summed E-state index contributed by atoms with van der Waals surface area (Å²) in [6.45, 7) is 2.00. The molecule has 0 aliphatic heterocycles. The van der Waals surface area contributed by atoms with Crippen molar-refractivity contribution in [3.8, 4) is 0 Å². The monoisotopic (exact) mass is 245 g/mol. The molecule has 5 nitrogen and oxygen atoms in total. The van der Waals surface area contributed by atoms with Gasteiger partial charge in [-0.2, -0.15) is 0 Å². The molecule has 6 heteroatoms. The lowest BCUT2D eigenvalue weighted by Crippen LogP contribution is -2.10. The van der Waals surface area contributed by atoms with E-state index >= 15 is 0 Å². The highest BCUT2D eigenvalue weighted by Gasteiger charge is 2.11. The van der Waals surface area contributed by atoms with Gasteiger partial charge in [0.15, 0.2) is 0 Å². The first-order valence-electron chi connectivity index (χ1n) is 3.60. The first-order chi connectivity index (χ1) is 6.15. The molecule has 0 radical (unpaired) electrons. The zero-order chi connectivity index (χ0) is 9.84. The molecule has 0 amide bonds. The fraction of sp³-hybridized carbons (Fsp3) is 0.286. The van der Waals surface area contributed by atoms with Crippen LogP contribution in [0.5, 0.6) is 0 Å². The molecule has 1 heterocycles. The molecule has 1 aromatic heterocycles. The number of carbonyl (C=O) groups excluding carboxylic acids is 1. The minimum atomic E-state index is -0.568. The number of nitrogen functional groups attached to an aromatic ring is 1. The summed E-state index contributed by atoms with van der Waals surface area (Å²) in [6.07, 6.45) is 1.41. The molecule has 1 aromatic rings. The molecule has 0 saturated heterocycles. The number of hydrogen-bond donors (Lipinski definition) is 1. The van der Waals surface area contributed by atoms with E-state index in [0.29, 0.717) is 4.47 Å². The van der Waals surface area contributed by atoms with Crippen molar-refractivity contribution in [2.45, 2.75) is 6.92 Å². The van der Waals surface area contributed by atoms with Crippen molar-refractivity contribution in [1.29, 1.82) is 0 Å². The van der Waals surface area contributed by atoms with Gasteiger partial charge in [0.05, 0.1) is 11.1 Å². The van der Waals surface area contributed by atoms with Crippen molar-refractivity contribution >= 4 is 27.7 Å². The van der Waals surface area contributed by atoms with Gasteiger partial charge in [-0.15, -0.1) is 0 Å². The summed E-state index contributed by atoms with van der Waals surface area (Å²) in [5.74, 6) is -0.373. The molecular formula is C7H8BrN3O2. The topological polar surface area (TPSA) is 78.1 Å². The van der Waals surface area contributed by atoms with Crippen molar-refractivity contribution < 1.29 is 9.53 Å². The molecule has 0 unspecified atom stereocenters. The average Bonchev–Trinajstić information content (AvgIpc) is 2.10. The van der Waals surface area contributed by atoms with E-state index in [1.165, 1.54) is 6.20 Å². The van der Waals surface area contributed by atoms with Gasteiger partial charge in [0, 0.05) is 6.20 Å². The van der Waals surface area contributed by atoms with Crippen molar-refractivity contribution in [3.05, 3.63) is 16.5 Å². The normalized spacial score (nSPS) is 9.69. The van der Waals surface area contributed by atoms with E-state index in [1.807, 2.05) is 0 Å². The molecule has 2 N–H and O–H groups in total. The van der Waals surface area contributed by atoms with E-state index in [4.69, 9.17) is 5.73 Å². The molecule has 0 fully saturated rings. The number of carbonyl (C=O) groups is 1. The maximum atomic E-state index is 11.1. The van der Waals surface area contributed by atoms with Crippen LogP contribution in [0.4, 0.5) is 5.82 Å². The number of esters is 1. The Hall–Kier alpha value is -1.17. The van der Waals surface area contributed by atoms with Crippen molar-refractivity contribution in [1.82, 2.24) is 9.97 Å². The number of hydrogen-bond acceptors (Lipinski definition) is 5. The second-order valence-electron chi connectivity index (χ2n) is 2.15. The standard InChI is InChI=1S/C7H8BrN3O2/c1-2-13-7(12)6-10-3-4(8)5(9)11-6/h3H,2H2,1H3,(H2,9,10,11). The average molecular weight is 246 g/mol. The van der Waals surface area contributed by atoms with Gasteiger partial charge < -0.3 is 10.5 Å². The lowest BCUT2D eigenvalue weighted by atomic mass is 10.5. The van der Waals surface area contributed by atoms with Gasteiger partial charge in [-0.3, -0.25) is 0 Å². The molecule has 13 heavy (non-hydrogen) atoms. The molecule has 0 saturated carbocycles. The van der Waals surface area contributed by atoms with Gasteiger partial charge >= 0.3 is 5.97 Å². The maximum Gasteiger partial charge on any atom is 0.376 e. The molecule has 0 atom stereocenters. The molecule has 0 aromatic carbocycles. The highest BCUT2D eigenvalue weighted by molar-refractivity contribution is 9.10. The number of nitrogens with zero attached hydrogens (tertiary/aromatic N) is 2. The van der Waals surface area contributed by atoms with Crippen LogP contribution in [0.1, 0.15) is 17.5 Å². The third-order valence-electron chi connectivity index (χ3n) is 1.23. The number of nitrogens with two attached hydrogens (primary N) is 1. The van der Waals surface area contributed by atoms with Crippen molar-refractivity contribution in [2.24, 2.45) is 0 Å². The summed E-state index contributed by atoms with van der Waals surface area (Å²) in [6, 6.07) is 0. The predicted octanol–water partition coefficient (Wildman–Crippen LogP) is 0.998. The van der Waals surface area contributed by atoms with Gasteiger partial charge in [0.25, 0.3) is 0 Å². The van der Waals surface area contributed by atoms with Crippen LogP contribution < -0.4 is 5.73 Å². The van der Waals surface area contributed by atoms with E-state index in [-0.39, 0.29) is 18.2 Å². The highest BCUT2D eigenvalue weighted by Crippen LogP contribution is 2.14. The van der Waals surface area contributed by atoms with E-state index < -0.39 is 5.97 Å². The summed E-state index contributed by atoms with van der Waals surface area (Å²) in [5, 5.41) is 0. The Balaban J connectivity index is 2.90. The number of halogens is 1. The second kappa shape index (κ2) is 4.18. The third kappa shape index (κ3) is 2.38. The summed E-state index contributed by atoms with van der Waals surface area (Å²) < 4.78 is 5.24. The minimum Gasteiger partial charge on any atom is -0.460 e. The summed E-state index contributed by atoms with van der Waals surface area (Å²) >= 11 is 3.12. The zero-order valence-corrected chi connectivity index (χ0v) is 8.54. The van der Waals surface area contributed by atoms with Crippen LogP contribution in [0.3, 0.4) is 0 Å². The second-order valence-corrected chi connectivity index (χ2v) is 3.00. The van der Waals surface area contributed by atoms with E-state index in [0.717, 1.165) is 0 Å². The van der Waals surface area contributed by atoms with Gasteiger partial charge in [0.1, 0.15) is 5.82 Å². The third-order valence-corrected chi connectivity index (χ3v) is 1.84. The fourth-order valence-electron chi connectivity index (χ4n) is 0.674. The van der Waals surface area contributed by atoms with Crippen LogP contribution >= 0.6 is 15.9 Å². The van der Waals surface area contributed by atoms with Crippen molar-refractivity contribution in [3.63, 3.8) is 0 Å². The van der Waals surface area contributed by atoms with E-state index in [2.05, 4.69) is 30.6 Å². The van der Waals surface area contributed by atoms with Crippen LogP contribution in [0, 0.1) is 0 Å². The maximum absolute atomic E-state index is 11.1. The molecule has 0 bridgehead atoms. The summed E-state index contributed by atoms with van der Waals surface area (Å²) in [7, 11) is 0. The first kappa shape index (κ1) is 9.91. The fourth-order valence-corrected chi connectivity index (χ4v) is 0.865. The van der Waals surface area contributed by atoms with Crippen LogP contribution in [-0.2, 0) is 4.74 Å². The van der Waals surface area contributed by atoms with Gasteiger partial charge in [0.2, 0.25) is 5.82 Å². The number of aromatic nitrogens is 2. The minimum absolute atomic E-state index is 0.0254. The van der Waals surface area contributed by atoms with Gasteiger partial charge in [-0.25, -0.2) is 14.8 Å². The van der Waals surface area contributed by atoms with Crippen LogP contribution in [0.15, 0.2) is 10.7 Å². The largest absolute Gasteiger partial charge is 0.460 e. The zero-order valence-electron chi connectivity index (χ0n) is 6.95. The Bertz CT molecular complexity index is 330. The lowest BCUT2D eigenvalue weighted by molar-refractivity contribution is 0.0512. The van der Waals surface area contributed by atoms with Crippen LogP contribution in [-0.4, -0.2) is 22.5 Å². The number of anilines is 1. The molecule has 0 aliphatic rings. The first-order valence-corrected chi connectivity index (χ1v) is 4.39. The Labute approximate surface area is 83.4 Å². The van der Waals surface area contributed by atoms with Gasteiger partial charge in [-0.05, 0) is 22.9 Å². The van der Waals surface area contributed by atoms with Crippen LogP contribution in [0.25, 0.3) is 0 Å². The molecule has 70 valence electrons. The summed E-state index contributed by atoms with van der Waals surface area (Å²) in [5.41, 5.74) is 5.45. The quantitative estimate of drug-likeness (QED) is 0.787. The number of ether oxygens (including phenoxy) is 1. The Morgan fingerprint density at radius 3 is 3.00 bits per heavy atom. The SMILES string of the molecule is CCOC(=O)c1ncc(Br)c(N)n1. The van der Waals surface area contributed by atoms with E-state index in [1.54, 1.807) is 6.92 Å². The highest BCUT2D eigenvalue weighted by atomic mass is 79.9. The summed E-state index contributed by atoms with van der Waals surface area (Å²) in [4.78, 5) is 18.6. The molecule has 0 aliphatic carbocycles. The molecule has 0 spiro atoms. The smallest absolute Gasteiger partial charge is 0.376 e. The Morgan fingerprint density at radius 2 is 2.46 bits per heavy atom.